The number of aromatic nitrogens is 4. The van der Waals surface area contributed by atoms with Gasteiger partial charge in [0.25, 0.3) is 0 Å². The first-order chi connectivity index (χ1) is 9.31. The van der Waals surface area contributed by atoms with Crippen molar-refractivity contribution in [3.8, 4) is 0 Å². The van der Waals surface area contributed by atoms with E-state index in [1.807, 2.05) is 13.2 Å². The Bertz CT molecular complexity index is 563. The molecule has 0 aliphatic heterocycles. The van der Waals surface area contributed by atoms with Crippen molar-refractivity contribution in [2.45, 2.75) is 31.7 Å². The van der Waals surface area contributed by atoms with Crippen LogP contribution in [0.1, 0.15) is 25.7 Å². The molecule has 0 saturated heterocycles. The van der Waals surface area contributed by atoms with E-state index in [4.69, 9.17) is 5.11 Å². The molecular formula is C13H19N5O. The first kappa shape index (κ1) is 12.3. The number of fused-ring (bicyclic) bond motifs is 1. The molecule has 102 valence electrons. The quantitative estimate of drug-likeness (QED) is 0.873. The van der Waals surface area contributed by atoms with E-state index < -0.39 is 0 Å². The fourth-order valence-electron chi connectivity index (χ4n) is 2.58. The fourth-order valence-corrected chi connectivity index (χ4v) is 2.58. The maximum atomic E-state index is 9.08. The Morgan fingerprint density at radius 2 is 2.26 bits per heavy atom. The second-order valence-corrected chi connectivity index (χ2v) is 5.06. The second-order valence-electron chi connectivity index (χ2n) is 5.06. The van der Waals surface area contributed by atoms with Gasteiger partial charge in [0.1, 0.15) is 12.1 Å². The average Bonchev–Trinajstić information content (AvgIpc) is 2.74. The average molecular weight is 261 g/mol. The van der Waals surface area contributed by atoms with Crippen molar-refractivity contribution in [2.75, 3.05) is 18.1 Å². The van der Waals surface area contributed by atoms with Crippen molar-refractivity contribution in [1.29, 1.82) is 0 Å². The van der Waals surface area contributed by atoms with Gasteiger partial charge in [0.05, 0.1) is 11.6 Å². The molecule has 0 atom stereocenters. The number of aliphatic hydroxyl groups excluding tert-OH is 1. The first-order valence-electron chi connectivity index (χ1n) is 6.81. The van der Waals surface area contributed by atoms with Gasteiger partial charge in [-0.25, -0.2) is 9.97 Å². The highest BCUT2D eigenvalue weighted by Crippen LogP contribution is 2.31. The van der Waals surface area contributed by atoms with Gasteiger partial charge < -0.3 is 10.0 Å². The maximum Gasteiger partial charge on any atom is 0.163 e. The molecule has 19 heavy (non-hydrogen) atoms. The summed E-state index contributed by atoms with van der Waals surface area (Å²) in [5, 5.41) is 14.3. The van der Waals surface area contributed by atoms with Crippen molar-refractivity contribution in [1.82, 2.24) is 19.7 Å². The van der Waals surface area contributed by atoms with Crippen molar-refractivity contribution >= 4 is 16.9 Å². The Morgan fingerprint density at radius 3 is 2.95 bits per heavy atom. The van der Waals surface area contributed by atoms with Gasteiger partial charge >= 0.3 is 0 Å². The SMILES string of the molecule is Cn1ncc2c(N(CCCO)C3CCC3)ncnc21. The predicted octanol–water partition coefficient (Wildman–Crippen LogP) is 1.10. The lowest BCUT2D eigenvalue weighted by Gasteiger charge is -2.38. The Hall–Kier alpha value is -1.69. The second kappa shape index (κ2) is 5.13. The van der Waals surface area contributed by atoms with Gasteiger partial charge in [0.2, 0.25) is 0 Å². The molecule has 1 saturated carbocycles. The summed E-state index contributed by atoms with van der Waals surface area (Å²) in [5.41, 5.74) is 0.860. The summed E-state index contributed by atoms with van der Waals surface area (Å²) in [6.45, 7) is 1.05. The number of anilines is 1. The summed E-state index contributed by atoms with van der Waals surface area (Å²) in [4.78, 5) is 11.0. The predicted molar refractivity (Wildman–Crippen MR) is 73.0 cm³/mol. The van der Waals surface area contributed by atoms with Crippen LogP contribution >= 0.6 is 0 Å². The lowest BCUT2D eigenvalue weighted by molar-refractivity contribution is 0.282. The Labute approximate surface area is 112 Å². The summed E-state index contributed by atoms with van der Waals surface area (Å²) in [6.07, 6.45) is 7.89. The minimum atomic E-state index is 0.213. The Morgan fingerprint density at radius 1 is 1.42 bits per heavy atom. The summed E-state index contributed by atoms with van der Waals surface area (Å²) in [7, 11) is 1.89. The standard InChI is InChI=1S/C13H19N5O/c1-17-12-11(8-16-17)13(15-9-14-12)18(6-3-7-19)10-4-2-5-10/h8-10,19H,2-7H2,1H3. The summed E-state index contributed by atoms with van der Waals surface area (Å²) in [5.74, 6) is 0.955. The van der Waals surface area contributed by atoms with Gasteiger partial charge in [-0.05, 0) is 25.7 Å². The van der Waals surface area contributed by atoms with E-state index in [0.29, 0.717) is 6.04 Å². The van der Waals surface area contributed by atoms with E-state index in [9.17, 15) is 0 Å². The third-order valence-corrected chi connectivity index (χ3v) is 3.85. The molecule has 3 rings (SSSR count). The molecule has 0 amide bonds. The molecule has 1 aliphatic rings. The molecule has 1 N–H and O–H groups in total. The third-order valence-electron chi connectivity index (χ3n) is 3.85. The molecule has 6 nitrogen and oxygen atoms in total. The van der Waals surface area contributed by atoms with Crippen LogP contribution < -0.4 is 4.90 Å². The van der Waals surface area contributed by atoms with E-state index in [1.54, 1.807) is 11.0 Å². The molecule has 1 fully saturated rings. The molecule has 0 bridgehead atoms. The molecule has 1 aliphatic carbocycles. The van der Waals surface area contributed by atoms with E-state index in [1.165, 1.54) is 19.3 Å². The van der Waals surface area contributed by atoms with E-state index in [-0.39, 0.29) is 6.61 Å². The molecule has 0 unspecified atom stereocenters. The Balaban J connectivity index is 1.98. The zero-order chi connectivity index (χ0) is 13.2. The van der Waals surface area contributed by atoms with E-state index in [2.05, 4.69) is 20.0 Å². The van der Waals surface area contributed by atoms with Crippen LogP contribution in [0.2, 0.25) is 0 Å². The monoisotopic (exact) mass is 261 g/mol. The van der Waals surface area contributed by atoms with Crippen molar-refractivity contribution < 1.29 is 5.11 Å². The van der Waals surface area contributed by atoms with Crippen molar-refractivity contribution in [3.63, 3.8) is 0 Å². The van der Waals surface area contributed by atoms with Crippen molar-refractivity contribution in [3.05, 3.63) is 12.5 Å². The third kappa shape index (κ3) is 2.16. The van der Waals surface area contributed by atoms with Gasteiger partial charge in [-0.2, -0.15) is 5.10 Å². The minimum absolute atomic E-state index is 0.213. The number of hydrogen-bond acceptors (Lipinski definition) is 5. The number of hydrogen-bond donors (Lipinski definition) is 1. The molecule has 0 aromatic carbocycles. The number of aliphatic hydroxyl groups is 1. The largest absolute Gasteiger partial charge is 0.396 e. The van der Waals surface area contributed by atoms with Crippen LogP contribution in [0.15, 0.2) is 12.5 Å². The van der Waals surface area contributed by atoms with E-state index in [0.717, 1.165) is 29.8 Å². The van der Waals surface area contributed by atoms with Gasteiger partial charge in [0.15, 0.2) is 5.65 Å². The zero-order valence-electron chi connectivity index (χ0n) is 11.2. The minimum Gasteiger partial charge on any atom is -0.396 e. The highest BCUT2D eigenvalue weighted by molar-refractivity contribution is 5.86. The summed E-state index contributed by atoms with van der Waals surface area (Å²) < 4.78 is 1.77. The zero-order valence-corrected chi connectivity index (χ0v) is 11.2. The summed E-state index contributed by atoms with van der Waals surface area (Å²) in [6, 6.07) is 0.546. The highest BCUT2D eigenvalue weighted by atomic mass is 16.3. The Kier molecular flexibility index (Phi) is 3.33. The molecular weight excluding hydrogens is 242 g/mol. The van der Waals surface area contributed by atoms with Crippen LogP contribution in [0.3, 0.4) is 0 Å². The first-order valence-corrected chi connectivity index (χ1v) is 6.81. The van der Waals surface area contributed by atoms with Crippen LogP contribution in [0.25, 0.3) is 11.0 Å². The van der Waals surface area contributed by atoms with Crippen molar-refractivity contribution in [2.24, 2.45) is 7.05 Å². The highest BCUT2D eigenvalue weighted by Gasteiger charge is 2.27. The number of aryl methyl sites for hydroxylation is 1. The van der Waals surface area contributed by atoms with Gasteiger partial charge in [-0.1, -0.05) is 0 Å². The lowest BCUT2D eigenvalue weighted by Crippen LogP contribution is -2.41. The number of nitrogens with zero attached hydrogens (tertiary/aromatic N) is 5. The van der Waals surface area contributed by atoms with Gasteiger partial charge in [-0.3, -0.25) is 4.68 Å². The van der Waals surface area contributed by atoms with Crippen LogP contribution in [0.5, 0.6) is 0 Å². The smallest absolute Gasteiger partial charge is 0.163 e. The summed E-state index contributed by atoms with van der Waals surface area (Å²) >= 11 is 0. The molecule has 0 radical (unpaired) electrons. The topological polar surface area (TPSA) is 67.1 Å². The number of rotatable bonds is 5. The van der Waals surface area contributed by atoms with Gasteiger partial charge in [0, 0.05) is 26.2 Å². The van der Waals surface area contributed by atoms with Crippen LogP contribution in [-0.4, -0.2) is 44.0 Å². The normalized spacial score (nSPS) is 15.7. The molecule has 6 heteroatoms. The molecule has 0 spiro atoms. The lowest BCUT2D eigenvalue weighted by atomic mass is 9.91. The fraction of sp³-hybridized carbons (Fsp3) is 0.615. The molecule has 2 aromatic rings. The van der Waals surface area contributed by atoms with Crippen LogP contribution in [0.4, 0.5) is 5.82 Å². The molecule has 2 heterocycles. The van der Waals surface area contributed by atoms with Crippen LogP contribution in [-0.2, 0) is 7.05 Å². The maximum absolute atomic E-state index is 9.08. The van der Waals surface area contributed by atoms with Gasteiger partial charge in [-0.15, -0.1) is 0 Å². The molecule has 2 aromatic heterocycles. The van der Waals surface area contributed by atoms with E-state index >= 15 is 0 Å². The van der Waals surface area contributed by atoms with Crippen LogP contribution in [0, 0.1) is 0 Å².